The Morgan fingerprint density at radius 2 is 1.72 bits per heavy atom. The Bertz CT molecular complexity index is 299. The van der Waals surface area contributed by atoms with Gasteiger partial charge < -0.3 is 15.3 Å². The van der Waals surface area contributed by atoms with Crippen molar-refractivity contribution < 1.29 is 14.7 Å². The summed E-state index contributed by atoms with van der Waals surface area (Å²) in [5, 5.41) is 11.9. The molecule has 18 heavy (non-hydrogen) atoms. The summed E-state index contributed by atoms with van der Waals surface area (Å²) in [5.41, 5.74) is -1.21. The molecule has 0 aromatic heterocycles. The molecule has 0 radical (unpaired) electrons. The van der Waals surface area contributed by atoms with Crippen LogP contribution < -0.4 is 5.32 Å². The van der Waals surface area contributed by atoms with Crippen molar-refractivity contribution in [3.63, 3.8) is 0 Å². The van der Waals surface area contributed by atoms with Crippen LogP contribution in [0.5, 0.6) is 0 Å². The molecule has 0 aromatic rings. The highest BCUT2D eigenvalue weighted by Crippen LogP contribution is 2.15. The molecule has 0 fully saturated rings. The van der Waals surface area contributed by atoms with Crippen molar-refractivity contribution >= 4 is 12.0 Å². The summed E-state index contributed by atoms with van der Waals surface area (Å²) >= 11 is 0. The van der Waals surface area contributed by atoms with Crippen molar-refractivity contribution in [1.82, 2.24) is 10.2 Å². The van der Waals surface area contributed by atoms with Crippen LogP contribution in [0.15, 0.2) is 0 Å². The summed E-state index contributed by atoms with van der Waals surface area (Å²) in [6.07, 6.45) is 1.98. The fourth-order valence-corrected chi connectivity index (χ4v) is 1.80. The van der Waals surface area contributed by atoms with Crippen molar-refractivity contribution in [3.8, 4) is 0 Å². The quantitative estimate of drug-likeness (QED) is 0.768. The fraction of sp³-hybridized carbons (Fsp3) is 0.846. The van der Waals surface area contributed by atoms with Gasteiger partial charge in [0.15, 0.2) is 0 Å². The zero-order chi connectivity index (χ0) is 14.5. The highest BCUT2D eigenvalue weighted by Gasteiger charge is 2.35. The van der Waals surface area contributed by atoms with E-state index in [0.29, 0.717) is 5.92 Å². The molecular weight excluding hydrogens is 232 g/mol. The molecule has 0 spiro atoms. The molecule has 0 aromatic carbocycles. The lowest BCUT2D eigenvalue weighted by Crippen LogP contribution is -2.56. The van der Waals surface area contributed by atoms with Gasteiger partial charge in [-0.15, -0.1) is 0 Å². The number of carboxylic acids is 1. The standard InChI is InChI=1S/C13H26N2O3/c1-7-10(8-2)9(3)14-12(18)15(6)13(4,5)11(16)17/h9-10H,7-8H2,1-6H3,(H,14,18)(H,16,17). The molecule has 0 aliphatic heterocycles. The van der Waals surface area contributed by atoms with Gasteiger partial charge in [0, 0.05) is 13.1 Å². The van der Waals surface area contributed by atoms with E-state index < -0.39 is 11.5 Å². The summed E-state index contributed by atoms with van der Waals surface area (Å²) < 4.78 is 0. The number of likely N-dealkylation sites (N-methyl/N-ethyl adjacent to an activating group) is 1. The molecule has 1 unspecified atom stereocenters. The van der Waals surface area contributed by atoms with Gasteiger partial charge in [-0.1, -0.05) is 26.7 Å². The van der Waals surface area contributed by atoms with E-state index in [4.69, 9.17) is 5.11 Å². The molecule has 0 bridgehead atoms. The van der Waals surface area contributed by atoms with Gasteiger partial charge in [-0.3, -0.25) is 0 Å². The molecular formula is C13H26N2O3. The third-order valence-electron chi connectivity index (χ3n) is 3.77. The molecule has 2 N–H and O–H groups in total. The Kier molecular flexibility index (Phi) is 6.15. The Labute approximate surface area is 110 Å². The number of carboxylic acid groups (broad SMARTS) is 1. The maximum Gasteiger partial charge on any atom is 0.329 e. The Morgan fingerprint density at radius 1 is 1.28 bits per heavy atom. The van der Waals surface area contributed by atoms with E-state index in [1.165, 1.54) is 25.8 Å². The zero-order valence-corrected chi connectivity index (χ0v) is 12.3. The molecule has 0 aliphatic rings. The number of hydrogen-bond acceptors (Lipinski definition) is 2. The Balaban J connectivity index is 4.63. The van der Waals surface area contributed by atoms with Gasteiger partial charge >= 0.3 is 12.0 Å². The second-order valence-electron chi connectivity index (χ2n) is 5.24. The molecule has 0 heterocycles. The number of nitrogens with one attached hydrogen (secondary N) is 1. The van der Waals surface area contributed by atoms with Gasteiger partial charge in [-0.05, 0) is 26.7 Å². The molecule has 1 atom stereocenters. The molecule has 0 rings (SSSR count). The van der Waals surface area contributed by atoms with Crippen LogP contribution in [-0.2, 0) is 4.79 Å². The number of urea groups is 1. The molecule has 5 heteroatoms. The predicted octanol–water partition coefficient (Wildman–Crippen LogP) is 2.32. The topological polar surface area (TPSA) is 69.6 Å². The Hall–Kier alpha value is -1.26. The first-order valence-electron chi connectivity index (χ1n) is 6.46. The third kappa shape index (κ3) is 3.89. The lowest BCUT2D eigenvalue weighted by molar-refractivity contribution is -0.146. The van der Waals surface area contributed by atoms with Gasteiger partial charge in [0.2, 0.25) is 0 Å². The normalized spacial score (nSPS) is 13.3. The van der Waals surface area contributed by atoms with Crippen molar-refractivity contribution in [3.05, 3.63) is 0 Å². The van der Waals surface area contributed by atoms with E-state index in [0.717, 1.165) is 12.8 Å². The largest absolute Gasteiger partial charge is 0.480 e. The van der Waals surface area contributed by atoms with E-state index in [1.54, 1.807) is 0 Å². The van der Waals surface area contributed by atoms with E-state index in [1.807, 2.05) is 6.92 Å². The predicted molar refractivity (Wildman–Crippen MR) is 71.5 cm³/mol. The molecule has 0 saturated carbocycles. The SMILES string of the molecule is CCC(CC)C(C)NC(=O)N(C)C(C)(C)C(=O)O. The van der Waals surface area contributed by atoms with Gasteiger partial charge in [-0.25, -0.2) is 9.59 Å². The Morgan fingerprint density at radius 3 is 2.06 bits per heavy atom. The first kappa shape index (κ1) is 16.7. The minimum Gasteiger partial charge on any atom is -0.480 e. The van der Waals surface area contributed by atoms with E-state index in [9.17, 15) is 9.59 Å². The summed E-state index contributed by atoms with van der Waals surface area (Å²) in [7, 11) is 1.50. The number of amides is 2. The smallest absolute Gasteiger partial charge is 0.329 e. The van der Waals surface area contributed by atoms with Gasteiger partial charge in [0.25, 0.3) is 0 Å². The summed E-state index contributed by atoms with van der Waals surface area (Å²) in [5.74, 6) is -0.606. The number of aliphatic carboxylic acids is 1. The first-order valence-corrected chi connectivity index (χ1v) is 6.46. The van der Waals surface area contributed by atoms with Crippen LogP contribution in [-0.4, -0.2) is 40.6 Å². The van der Waals surface area contributed by atoms with E-state index in [-0.39, 0.29) is 12.1 Å². The van der Waals surface area contributed by atoms with Crippen molar-refractivity contribution in [2.45, 2.75) is 59.0 Å². The van der Waals surface area contributed by atoms with Crippen molar-refractivity contribution in [2.75, 3.05) is 7.05 Å². The third-order valence-corrected chi connectivity index (χ3v) is 3.77. The second-order valence-corrected chi connectivity index (χ2v) is 5.24. The van der Waals surface area contributed by atoms with Crippen LogP contribution >= 0.6 is 0 Å². The molecule has 106 valence electrons. The fourth-order valence-electron chi connectivity index (χ4n) is 1.80. The van der Waals surface area contributed by atoms with Crippen LogP contribution in [0.1, 0.15) is 47.5 Å². The number of rotatable bonds is 6. The monoisotopic (exact) mass is 258 g/mol. The van der Waals surface area contributed by atoms with Crippen LogP contribution in [0, 0.1) is 5.92 Å². The maximum atomic E-state index is 12.0. The summed E-state index contributed by atoms with van der Waals surface area (Å²) in [4.78, 5) is 24.3. The second kappa shape index (κ2) is 6.61. The van der Waals surface area contributed by atoms with Crippen molar-refractivity contribution in [1.29, 1.82) is 0 Å². The number of nitrogens with zero attached hydrogens (tertiary/aromatic N) is 1. The van der Waals surface area contributed by atoms with Crippen LogP contribution in [0.4, 0.5) is 4.79 Å². The van der Waals surface area contributed by atoms with Gasteiger partial charge in [0.1, 0.15) is 5.54 Å². The average molecular weight is 258 g/mol. The maximum absolute atomic E-state index is 12.0. The number of carbonyl (C=O) groups is 2. The van der Waals surface area contributed by atoms with Gasteiger partial charge in [-0.2, -0.15) is 0 Å². The van der Waals surface area contributed by atoms with Crippen molar-refractivity contribution in [2.24, 2.45) is 5.92 Å². The van der Waals surface area contributed by atoms with Crippen LogP contribution in [0.3, 0.4) is 0 Å². The summed E-state index contributed by atoms with van der Waals surface area (Å²) in [6, 6.07) is -0.304. The van der Waals surface area contributed by atoms with E-state index in [2.05, 4.69) is 19.2 Å². The highest BCUT2D eigenvalue weighted by molar-refractivity contribution is 5.85. The lowest BCUT2D eigenvalue weighted by Gasteiger charge is -2.33. The average Bonchev–Trinajstić information content (AvgIpc) is 2.29. The molecule has 0 aliphatic carbocycles. The highest BCUT2D eigenvalue weighted by atomic mass is 16.4. The minimum atomic E-state index is -1.21. The first-order chi connectivity index (χ1) is 8.18. The number of carbonyl (C=O) groups excluding carboxylic acids is 1. The van der Waals surface area contributed by atoms with E-state index >= 15 is 0 Å². The summed E-state index contributed by atoms with van der Waals surface area (Å²) in [6.45, 7) is 9.15. The van der Waals surface area contributed by atoms with Crippen LogP contribution in [0.2, 0.25) is 0 Å². The minimum absolute atomic E-state index is 0.0412. The molecule has 5 nitrogen and oxygen atoms in total. The van der Waals surface area contributed by atoms with Gasteiger partial charge in [0.05, 0.1) is 0 Å². The van der Waals surface area contributed by atoms with Crippen LogP contribution in [0.25, 0.3) is 0 Å². The number of hydrogen-bond donors (Lipinski definition) is 2. The molecule has 0 saturated heterocycles. The lowest BCUT2D eigenvalue weighted by atomic mass is 9.95. The zero-order valence-electron chi connectivity index (χ0n) is 12.3. The molecule has 2 amide bonds.